The van der Waals surface area contributed by atoms with Crippen molar-refractivity contribution in [2.24, 2.45) is 34.0 Å². The molecule has 2 bridgehead atoms. The number of rotatable bonds is 5. The third kappa shape index (κ3) is 3.28. The highest BCUT2D eigenvalue weighted by Gasteiger charge is 2.73. The molecule has 1 N–H and O–H groups in total. The first-order valence-electron chi connectivity index (χ1n) is 13.9. The van der Waals surface area contributed by atoms with Crippen molar-refractivity contribution in [2.75, 3.05) is 6.61 Å². The lowest BCUT2D eigenvalue weighted by Crippen LogP contribution is -2.75. The quantitative estimate of drug-likeness (QED) is 0.383. The van der Waals surface area contributed by atoms with Crippen molar-refractivity contribution in [3.05, 3.63) is 11.1 Å². The predicted molar refractivity (Wildman–Crippen MR) is 141 cm³/mol. The van der Waals surface area contributed by atoms with Crippen LogP contribution in [0.15, 0.2) is 11.1 Å². The van der Waals surface area contributed by atoms with Crippen molar-refractivity contribution in [3.63, 3.8) is 0 Å². The first-order valence-corrected chi connectivity index (χ1v) is 16.5. The summed E-state index contributed by atoms with van der Waals surface area (Å²) >= 11 is 0. The fourth-order valence-corrected chi connectivity index (χ4v) is 11.9. The molecular formula is C29H48O5Si. The summed E-state index contributed by atoms with van der Waals surface area (Å²) in [4.78, 5) is 28.8. The Morgan fingerprint density at radius 3 is 2.11 bits per heavy atom. The van der Waals surface area contributed by atoms with Crippen molar-refractivity contribution in [2.45, 2.75) is 118 Å². The topological polar surface area (TPSA) is 72.8 Å². The molecule has 0 aromatic heterocycles. The number of carbonyl (C=O) groups is 2. The zero-order chi connectivity index (χ0) is 26.4. The molecule has 0 spiro atoms. The number of ketones is 2. The molecule has 0 amide bonds. The summed E-state index contributed by atoms with van der Waals surface area (Å²) in [5, 5.41) is 12.6. The Hall–Kier alpha value is -0.823. The molecule has 35 heavy (non-hydrogen) atoms. The van der Waals surface area contributed by atoms with Crippen LogP contribution in [0.3, 0.4) is 0 Å². The number of fused-ring (bicyclic) bond motifs is 5. The zero-order valence-corrected chi connectivity index (χ0v) is 24.7. The second-order valence-corrected chi connectivity index (χ2v) is 18.0. The van der Waals surface area contributed by atoms with Crippen LogP contribution in [-0.4, -0.2) is 49.4 Å². The van der Waals surface area contributed by atoms with Gasteiger partial charge in [0, 0.05) is 22.8 Å². The maximum Gasteiger partial charge on any atom is 0.225 e. The van der Waals surface area contributed by atoms with E-state index in [1.807, 2.05) is 27.7 Å². The van der Waals surface area contributed by atoms with Gasteiger partial charge in [-0.25, -0.2) is 0 Å². The molecule has 4 rings (SSSR count). The fourth-order valence-electron chi connectivity index (χ4n) is 8.95. The third-order valence-electron chi connectivity index (χ3n) is 11.7. The second kappa shape index (κ2) is 8.34. The number of hydrogen-bond acceptors (Lipinski definition) is 5. The van der Waals surface area contributed by atoms with Crippen LogP contribution in [0.4, 0.5) is 0 Å². The van der Waals surface area contributed by atoms with Gasteiger partial charge in [-0.2, -0.15) is 0 Å². The minimum Gasteiger partial charge on any atom is -0.413 e. The standard InChI is InChI=1S/C29H48O5Si/c1-11-35(12-2,13-3)34-21-14-20-27(9,16-33-20)24-19(6)29(32)15-17(4)18(5)22(26(29,7)8)23(30)25(31)28(21,24)10/h17,19-21,24,32H,11-16H2,1-10H3/t17-,19-,20+,21?,24+,27+,28+,29+/m0/s1. The monoisotopic (exact) mass is 504 g/mol. The number of hydrogen-bond donors (Lipinski definition) is 1. The lowest BCUT2D eigenvalue weighted by molar-refractivity contribution is -0.296. The van der Waals surface area contributed by atoms with Gasteiger partial charge in [-0.3, -0.25) is 9.59 Å². The zero-order valence-electron chi connectivity index (χ0n) is 23.7. The van der Waals surface area contributed by atoms with Gasteiger partial charge in [0.05, 0.1) is 29.8 Å². The molecule has 1 aliphatic heterocycles. The summed E-state index contributed by atoms with van der Waals surface area (Å²) < 4.78 is 13.2. The average molecular weight is 505 g/mol. The molecule has 2 saturated carbocycles. The molecule has 1 saturated heterocycles. The van der Waals surface area contributed by atoms with Gasteiger partial charge in [0.1, 0.15) is 0 Å². The van der Waals surface area contributed by atoms with Gasteiger partial charge in [-0.1, -0.05) is 61.0 Å². The summed E-state index contributed by atoms with van der Waals surface area (Å²) in [6.07, 6.45) is 0.840. The highest BCUT2D eigenvalue weighted by Crippen LogP contribution is 2.67. The van der Waals surface area contributed by atoms with Crippen molar-refractivity contribution >= 4 is 19.9 Å². The average Bonchev–Trinajstić information content (AvgIpc) is 2.80. The Labute approximate surface area is 213 Å². The van der Waals surface area contributed by atoms with Crippen LogP contribution < -0.4 is 0 Å². The van der Waals surface area contributed by atoms with Crippen LogP contribution in [0.5, 0.6) is 0 Å². The van der Waals surface area contributed by atoms with Crippen molar-refractivity contribution < 1.29 is 23.9 Å². The Kier molecular flexibility index (Phi) is 6.49. The van der Waals surface area contributed by atoms with Crippen LogP contribution >= 0.6 is 0 Å². The van der Waals surface area contributed by atoms with Gasteiger partial charge in [-0.15, -0.1) is 0 Å². The second-order valence-electron chi connectivity index (χ2n) is 13.3. The summed E-state index contributed by atoms with van der Waals surface area (Å²) in [6.45, 7) is 21.5. The molecule has 8 atom stereocenters. The SMILES string of the molecule is CC[Si](CC)(CC)OC1C[C@H]2OC[C@@]2(C)[C@H]2[C@H](C)[C@]3(O)C[C@H](C)C(C)=C(C(=O)C(=O)[C@]12C)C3(C)C. The van der Waals surface area contributed by atoms with E-state index in [1.165, 1.54) is 0 Å². The number of aliphatic hydroxyl groups is 1. The Morgan fingerprint density at radius 1 is 1.06 bits per heavy atom. The maximum atomic E-state index is 14.6. The Bertz CT molecular complexity index is 942. The largest absolute Gasteiger partial charge is 0.413 e. The van der Waals surface area contributed by atoms with Crippen molar-refractivity contribution in [3.8, 4) is 0 Å². The minimum atomic E-state index is -2.08. The van der Waals surface area contributed by atoms with E-state index < -0.39 is 30.5 Å². The lowest BCUT2D eigenvalue weighted by Gasteiger charge is -2.68. The van der Waals surface area contributed by atoms with E-state index in [4.69, 9.17) is 9.16 Å². The number of carbonyl (C=O) groups excluding carboxylic acids is 2. The normalized spacial score (nSPS) is 45.3. The number of allylic oxidation sites excluding steroid dienone is 1. The van der Waals surface area contributed by atoms with Crippen LogP contribution in [0, 0.1) is 34.0 Å². The summed E-state index contributed by atoms with van der Waals surface area (Å²) in [5.41, 5.74) is -1.70. The first-order chi connectivity index (χ1) is 16.1. The molecule has 1 heterocycles. The fraction of sp³-hybridized carbons (Fsp3) is 0.862. The number of ether oxygens (including phenoxy) is 1. The molecule has 198 valence electrons. The van der Waals surface area contributed by atoms with Crippen LogP contribution in [0.1, 0.15) is 82.1 Å². The Balaban J connectivity index is 1.98. The van der Waals surface area contributed by atoms with E-state index >= 15 is 0 Å². The molecule has 0 aromatic carbocycles. The Morgan fingerprint density at radius 2 is 1.63 bits per heavy atom. The summed E-state index contributed by atoms with van der Waals surface area (Å²) in [6, 6.07) is 2.95. The van der Waals surface area contributed by atoms with Gasteiger partial charge >= 0.3 is 0 Å². The van der Waals surface area contributed by atoms with Gasteiger partial charge < -0.3 is 14.3 Å². The van der Waals surface area contributed by atoms with E-state index in [2.05, 4.69) is 41.5 Å². The van der Waals surface area contributed by atoms with E-state index in [-0.39, 0.29) is 41.2 Å². The predicted octanol–water partition coefficient (Wildman–Crippen LogP) is 5.71. The van der Waals surface area contributed by atoms with Crippen LogP contribution in [0.2, 0.25) is 18.1 Å². The molecule has 3 aliphatic carbocycles. The summed E-state index contributed by atoms with van der Waals surface area (Å²) in [5.74, 6) is -1.07. The molecule has 4 aliphatic rings. The van der Waals surface area contributed by atoms with Crippen LogP contribution in [-0.2, 0) is 18.8 Å². The first kappa shape index (κ1) is 27.2. The highest BCUT2D eigenvalue weighted by atomic mass is 28.4. The van der Waals surface area contributed by atoms with E-state index in [9.17, 15) is 14.7 Å². The van der Waals surface area contributed by atoms with Gasteiger partial charge in [0.2, 0.25) is 11.6 Å². The van der Waals surface area contributed by atoms with Gasteiger partial charge in [0.15, 0.2) is 8.32 Å². The van der Waals surface area contributed by atoms with E-state index in [0.717, 1.165) is 23.7 Å². The highest BCUT2D eigenvalue weighted by molar-refractivity contribution is 6.73. The molecule has 1 unspecified atom stereocenters. The lowest BCUT2D eigenvalue weighted by atomic mass is 9.40. The maximum absolute atomic E-state index is 14.6. The van der Waals surface area contributed by atoms with E-state index in [0.29, 0.717) is 25.0 Å². The molecule has 6 heteroatoms. The smallest absolute Gasteiger partial charge is 0.225 e. The minimum absolute atomic E-state index is 0.0166. The molecular weight excluding hydrogens is 456 g/mol. The van der Waals surface area contributed by atoms with Crippen LogP contribution in [0.25, 0.3) is 0 Å². The number of Topliss-reactive ketones (excluding diaryl/α,β-unsaturated/α-hetero) is 2. The van der Waals surface area contributed by atoms with E-state index in [1.54, 1.807) is 0 Å². The summed E-state index contributed by atoms with van der Waals surface area (Å²) in [7, 11) is -2.08. The molecule has 0 radical (unpaired) electrons. The van der Waals surface area contributed by atoms with Gasteiger partial charge in [0.25, 0.3) is 0 Å². The van der Waals surface area contributed by atoms with Crippen molar-refractivity contribution in [1.82, 2.24) is 0 Å². The molecule has 3 fully saturated rings. The molecule has 0 aromatic rings. The van der Waals surface area contributed by atoms with Gasteiger partial charge in [-0.05, 0) is 56.2 Å². The molecule has 5 nitrogen and oxygen atoms in total. The van der Waals surface area contributed by atoms with Crippen molar-refractivity contribution in [1.29, 1.82) is 0 Å². The third-order valence-corrected chi connectivity index (χ3v) is 16.4.